The van der Waals surface area contributed by atoms with Crippen molar-refractivity contribution < 1.29 is 19.3 Å². The van der Waals surface area contributed by atoms with Crippen LogP contribution in [0.25, 0.3) is 0 Å². The number of ether oxygens (including phenoxy) is 1. The highest BCUT2D eigenvalue weighted by Crippen LogP contribution is 1.83. The van der Waals surface area contributed by atoms with E-state index >= 15 is 0 Å². The maximum absolute atomic E-state index is 10.7. The second kappa shape index (κ2) is 8.23. The summed E-state index contributed by atoms with van der Waals surface area (Å²) >= 11 is 0. The first kappa shape index (κ1) is 11.1. The highest BCUT2D eigenvalue weighted by atomic mass is 17.2. The first-order valence-corrected chi connectivity index (χ1v) is 3.89. The third-order valence-corrected chi connectivity index (χ3v) is 0.906. The van der Waals surface area contributed by atoms with Crippen LogP contribution in [0, 0.1) is 0 Å². The Labute approximate surface area is 72.0 Å². The van der Waals surface area contributed by atoms with E-state index < -0.39 is 0 Å². The molecule has 0 aromatic carbocycles. The molecule has 12 heavy (non-hydrogen) atoms. The number of carbonyl (C=O) groups is 1. The van der Waals surface area contributed by atoms with E-state index in [1.54, 1.807) is 6.92 Å². The Morgan fingerprint density at radius 1 is 1.25 bits per heavy atom. The molecule has 0 aliphatic carbocycles. The molecule has 0 bridgehead atoms. The van der Waals surface area contributed by atoms with Crippen LogP contribution in [0.2, 0.25) is 0 Å². The van der Waals surface area contributed by atoms with Crippen molar-refractivity contribution in [3.63, 3.8) is 0 Å². The Morgan fingerprint density at radius 2 is 2.00 bits per heavy atom. The van der Waals surface area contributed by atoms with Crippen LogP contribution in [0.4, 0.5) is 0 Å². The van der Waals surface area contributed by atoms with Crippen molar-refractivity contribution in [1.29, 1.82) is 0 Å². The van der Waals surface area contributed by atoms with Gasteiger partial charge < -0.3 is 4.74 Å². The van der Waals surface area contributed by atoms with E-state index in [0.717, 1.165) is 0 Å². The molecule has 0 saturated heterocycles. The summed E-state index contributed by atoms with van der Waals surface area (Å²) in [4.78, 5) is 19.9. The van der Waals surface area contributed by atoms with Gasteiger partial charge in [-0.3, -0.25) is 0 Å². The lowest BCUT2D eigenvalue weighted by atomic mass is 10.5. The molecule has 4 heteroatoms. The zero-order valence-corrected chi connectivity index (χ0v) is 7.41. The number of hydrogen-bond acceptors (Lipinski definition) is 4. The summed E-state index contributed by atoms with van der Waals surface area (Å²) < 4.78 is 4.63. The summed E-state index contributed by atoms with van der Waals surface area (Å²) in [7, 11) is 0. The lowest BCUT2D eigenvalue weighted by molar-refractivity contribution is -0.282. The minimum absolute atomic E-state index is 0.257. The van der Waals surface area contributed by atoms with Gasteiger partial charge in [0, 0.05) is 6.08 Å². The topological polar surface area (TPSA) is 44.8 Å². The molecule has 0 unspecified atom stereocenters. The average Bonchev–Trinajstić information content (AvgIpc) is 2.05. The van der Waals surface area contributed by atoms with E-state index in [4.69, 9.17) is 0 Å². The number of carbonyl (C=O) groups excluding carboxylic acids is 1. The third-order valence-electron chi connectivity index (χ3n) is 0.906. The molecule has 0 radical (unpaired) electrons. The molecule has 0 fully saturated rings. The van der Waals surface area contributed by atoms with Gasteiger partial charge in [0.15, 0.2) is 0 Å². The molecule has 70 valence electrons. The van der Waals surface area contributed by atoms with Gasteiger partial charge in [0.05, 0.1) is 13.2 Å². The molecule has 0 N–H and O–H groups in total. The summed E-state index contributed by atoms with van der Waals surface area (Å²) in [5.41, 5.74) is 0. The van der Waals surface area contributed by atoms with Crippen LogP contribution in [0.15, 0.2) is 12.2 Å². The van der Waals surface area contributed by atoms with Gasteiger partial charge in [0.25, 0.3) is 0 Å². The fraction of sp³-hybridized carbons (Fsp3) is 0.625. The van der Waals surface area contributed by atoms with Crippen molar-refractivity contribution in [2.45, 2.75) is 13.8 Å². The molecule has 0 aliphatic heterocycles. The normalized spacial score (nSPS) is 10.5. The first-order chi connectivity index (χ1) is 5.81. The van der Waals surface area contributed by atoms with Crippen LogP contribution >= 0.6 is 0 Å². The van der Waals surface area contributed by atoms with Crippen molar-refractivity contribution in [1.82, 2.24) is 0 Å². The third kappa shape index (κ3) is 7.24. The number of rotatable bonds is 6. The second-order valence-corrected chi connectivity index (χ2v) is 1.85. The predicted molar refractivity (Wildman–Crippen MR) is 43.4 cm³/mol. The van der Waals surface area contributed by atoms with Gasteiger partial charge in [-0.15, -0.1) is 0 Å². The standard InChI is InChI=1S/C8H14O4/c1-3-10-8(9)6-5-7-12-11-4-2/h5-6H,3-4,7H2,1-2H3/b6-5+. The Kier molecular flexibility index (Phi) is 7.63. The molecule has 0 saturated carbocycles. The SMILES string of the molecule is CCOOC/C=C/C(=O)OCC. The largest absolute Gasteiger partial charge is 0.463 e. The smallest absolute Gasteiger partial charge is 0.330 e. The molecular weight excluding hydrogens is 160 g/mol. The molecule has 0 heterocycles. The van der Waals surface area contributed by atoms with Crippen LogP contribution in [0.1, 0.15) is 13.8 Å². The van der Waals surface area contributed by atoms with Gasteiger partial charge in [0.2, 0.25) is 0 Å². The molecule has 0 spiro atoms. The summed E-state index contributed by atoms with van der Waals surface area (Å²) in [5.74, 6) is -0.363. The van der Waals surface area contributed by atoms with Crippen molar-refractivity contribution >= 4 is 5.97 Å². The maximum atomic E-state index is 10.7. The van der Waals surface area contributed by atoms with Crippen molar-refractivity contribution in [2.24, 2.45) is 0 Å². The Hall–Kier alpha value is -0.870. The summed E-state index contributed by atoms with van der Waals surface area (Å²) in [6, 6.07) is 0. The monoisotopic (exact) mass is 174 g/mol. The number of esters is 1. The lowest BCUT2D eigenvalue weighted by Gasteiger charge is -1.96. The van der Waals surface area contributed by atoms with Gasteiger partial charge in [0.1, 0.15) is 6.61 Å². The van der Waals surface area contributed by atoms with E-state index in [1.165, 1.54) is 12.2 Å². The minimum atomic E-state index is -0.363. The molecule has 0 aliphatic rings. The van der Waals surface area contributed by atoms with E-state index in [9.17, 15) is 4.79 Å². The zero-order valence-electron chi connectivity index (χ0n) is 7.41. The van der Waals surface area contributed by atoms with Crippen LogP contribution in [-0.2, 0) is 19.3 Å². The minimum Gasteiger partial charge on any atom is -0.463 e. The van der Waals surface area contributed by atoms with Gasteiger partial charge in [-0.25, -0.2) is 14.6 Å². The first-order valence-electron chi connectivity index (χ1n) is 3.89. The van der Waals surface area contributed by atoms with E-state index in [1.807, 2.05) is 6.92 Å². The lowest BCUT2D eigenvalue weighted by Crippen LogP contribution is -2.00. The van der Waals surface area contributed by atoms with Crippen LogP contribution < -0.4 is 0 Å². The van der Waals surface area contributed by atoms with E-state index in [0.29, 0.717) is 13.2 Å². The van der Waals surface area contributed by atoms with Gasteiger partial charge >= 0.3 is 5.97 Å². The van der Waals surface area contributed by atoms with Gasteiger partial charge in [-0.05, 0) is 19.9 Å². The quantitative estimate of drug-likeness (QED) is 0.199. The van der Waals surface area contributed by atoms with Crippen LogP contribution in [0.3, 0.4) is 0 Å². The molecule has 0 amide bonds. The van der Waals surface area contributed by atoms with Crippen LogP contribution in [0.5, 0.6) is 0 Å². The Balaban J connectivity index is 3.29. The molecule has 0 aromatic rings. The van der Waals surface area contributed by atoms with Crippen LogP contribution in [-0.4, -0.2) is 25.8 Å². The Morgan fingerprint density at radius 3 is 2.58 bits per heavy atom. The van der Waals surface area contributed by atoms with Crippen molar-refractivity contribution in [2.75, 3.05) is 19.8 Å². The summed E-state index contributed by atoms with van der Waals surface area (Å²) in [6.07, 6.45) is 2.84. The van der Waals surface area contributed by atoms with Gasteiger partial charge in [-0.2, -0.15) is 0 Å². The number of hydrogen-bond donors (Lipinski definition) is 0. The average molecular weight is 174 g/mol. The maximum Gasteiger partial charge on any atom is 0.330 e. The molecule has 4 nitrogen and oxygen atoms in total. The Bertz CT molecular complexity index is 142. The van der Waals surface area contributed by atoms with Crippen molar-refractivity contribution in [3.05, 3.63) is 12.2 Å². The second-order valence-electron chi connectivity index (χ2n) is 1.85. The summed E-state index contributed by atoms with van der Waals surface area (Å²) in [5, 5.41) is 0. The predicted octanol–water partition coefficient (Wildman–Crippen LogP) is 1.07. The molecular formula is C8H14O4. The highest BCUT2D eigenvalue weighted by molar-refractivity contribution is 5.81. The molecule has 0 aromatic heterocycles. The van der Waals surface area contributed by atoms with E-state index in [-0.39, 0.29) is 12.6 Å². The fourth-order valence-electron chi connectivity index (χ4n) is 0.505. The highest BCUT2D eigenvalue weighted by Gasteiger charge is 1.91. The van der Waals surface area contributed by atoms with E-state index in [2.05, 4.69) is 14.5 Å². The fourth-order valence-corrected chi connectivity index (χ4v) is 0.505. The summed E-state index contributed by atoms with van der Waals surface area (Å²) in [6.45, 7) is 4.70. The molecule has 0 atom stereocenters. The van der Waals surface area contributed by atoms with Crippen molar-refractivity contribution in [3.8, 4) is 0 Å². The van der Waals surface area contributed by atoms with Gasteiger partial charge in [-0.1, -0.05) is 0 Å². The molecule has 0 rings (SSSR count). The zero-order chi connectivity index (χ0) is 9.23.